The molecule has 0 aliphatic carbocycles. The van der Waals surface area contributed by atoms with Crippen molar-refractivity contribution in [3.63, 3.8) is 0 Å². The first-order valence-corrected chi connectivity index (χ1v) is 8.22. The molecule has 0 bridgehead atoms. The van der Waals surface area contributed by atoms with Crippen LogP contribution in [0.2, 0.25) is 5.02 Å². The van der Waals surface area contributed by atoms with Gasteiger partial charge in [-0.1, -0.05) is 55.8 Å². The van der Waals surface area contributed by atoms with Crippen LogP contribution in [0, 0.1) is 5.82 Å². The average Bonchev–Trinajstić information content (AvgIpc) is 2.51. The summed E-state index contributed by atoms with van der Waals surface area (Å²) in [5, 5.41) is 3.56. The summed E-state index contributed by atoms with van der Waals surface area (Å²) >= 11 is 9.18. The first-order chi connectivity index (χ1) is 10.1. The summed E-state index contributed by atoms with van der Waals surface area (Å²) in [7, 11) is 0. The van der Waals surface area contributed by atoms with Crippen LogP contribution in [0.1, 0.15) is 31.9 Å². The van der Waals surface area contributed by atoms with E-state index in [2.05, 4.69) is 35.1 Å². The van der Waals surface area contributed by atoms with Gasteiger partial charge in [-0.05, 0) is 46.1 Å². The molecule has 0 spiro atoms. The van der Waals surface area contributed by atoms with E-state index in [-0.39, 0.29) is 5.02 Å². The standard InChI is InChI=1S/C17H18BrClFN/c1-3-15(21-4-2)12-7-5-11(6-8-12)13-9-10-14(18)16(19)17(13)20/h5-10,15,21H,3-4H2,1-2H3. The maximum atomic E-state index is 14.2. The van der Waals surface area contributed by atoms with Crippen molar-refractivity contribution in [1.82, 2.24) is 5.32 Å². The molecule has 0 aromatic heterocycles. The Kier molecular flexibility index (Phi) is 5.80. The summed E-state index contributed by atoms with van der Waals surface area (Å²) < 4.78 is 14.8. The van der Waals surface area contributed by atoms with Gasteiger partial charge in [0.05, 0.1) is 5.02 Å². The Morgan fingerprint density at radius 2 is 1.81 bits per heavy atom. The van der Waals surface area contributed by atoms with Crippen LogP contribution in [0.25, 0.3) is 11.1 Å². The third-order valence-corrected chi connectivity index (χ3v) is 4.78. The van der Waals surface area contributed by atoms with Gasteiger partial charge in [0.1, 0.15) is 0 Å². The third kappa shape index (κ3) is 3.65. The largest absolute Gasteiger partial charge is 0.310 e. The fourth-order valence-corrected chi connectivity index (χ4v) is 2.86. The van der Waals surface area contributed by atoms with Gasteiger partial charge in [-0.25, -0.2) is 4.39 Å². The minimum absolute atomic E-state index is 0.121. The van der Waals surface area contributed by atoms with Crippen molar-refractivity contribution in [1.29, 1.82) is 0 Å². The van der Waals surface area contributed by atoms with Crippen LogP contribution in [0.15, 0.2) is 40.9 Å². The van der Waals surface area contributed by atoms with Gasteiger partial charge < -0.3 is 5.32 Å². The molecule has 1 N–H and O–H groups in total. The fraction of sp³-hybridized carbons (Fsp3) is 0.294. The lowest BCUT2D eigenvalue weighted by Crippen LogP contribution is -2.19. The average molecular weight is 371 g/mol. The maximum absolute atomic E-state index is 14.2. The van der Waals surface area contributed by atoms with E-state index in [0.717, 1.165) is 18.5 Å². The van der Waals surface area contributed by atoms with E-state index in [4.69, 9.17) is 11.6 Å². The molecule has 21 heavy (non-hydrogen) atoms. The number of nitrogens with one attached hydrogen (secondary N) is 1. The highest BCUT2D eigenvalue weighted by Gasteiger charge is 2.13. The molecule has 0 fully saturated rings. The Bertz CT molecular complexity index is 613. The summed E-state index contributed by atoms with van der Waals surface area (Å²) in [5.41, 5.74) is 2.56. The number of hydrogen-bond acceptors (Lipinski definition) is 1. The van der Waals surface area contributed by atoms with Crippen molar-refractivity contribution in [3.05, 3.63) is 57.3 Å². The van der Waals surface area contributed by atoms with Crippen molar-refractivity contribution >= 4 is 27.5 Å². The molecule has 0 saturated carbocycles. The Hall–Kier alpha value is -0.900. The lowest BCUT2D eigenvalue weighted by molar-refractivity contribution is 0.537. The first-order valence-electron chi connectivity index (χ1n) is 7.05. The van der Waals surface area contributed by atoms with Gasteiger partial charge in [-0.2, -0.15) is 0 Å². The van der Waals surface area contributed by atoms with E-state index in [1.807, 2.05) is 24.3 Å². The van der Waals surface area contributed by atoms with Gasteiger partial charge >= 0.3 is 0 Å². The maximum Gasteiger partial charge on any atom is 0.150 e. The second-order valence-corrected chi connectivity index (χ2v) is 6.10. The molecule has 0 saturated heterocycles. The van der Waals surface area contributed by atoms with Crippen LogP contribution < -0.4 is 5.32 Å². The lowest BCUT2D eigenvalue weighted by Gasteiger charge is -2.16. The van der Waals surface area contributed by atoms with Crippen molar-refractivity contribution < 1.29 is 4.39 Å². The SMILES string of the molecule is CCNC(CC)c1ccc(-c2ccc(Br)c(Cl)c2F)cc1. The second-order valence-electron chi connectivity index (χ2n) is 4.86. The Labute approximate surface area is 138 Å². The Morgan fingerprint density at radius 3 is 2.38 bits per heavy atom. The van der Waals surface area contributed by atoms with Crippen LogP contribution in [-0.2, 0) is 0 Å². The monoisotopic (exact) mass is 369 g/mol. The Morgan fingerprint density at radius 1 is 1.14 bits per heavy atom. The third-order valence-electron chi connectivity index (χ3n) is 3.52. The summed E-state index contributed by atoms with van der Waals surface area (Å²) in [4.78, 5) is 0. The van der Waals surface area contributed by atoms with E-state index in [0.29, 0.717) is 16.1 Å². The molecule has 0 aliphatic heterocycles. The van der Waals surface area contributed by atoms with Crippen molar-refractivity contribution in [2.45, 2.75) is 26.3 Å². The first kappa shape index (κ1) is 16.5. The van der Waals surface area contributed by atoms with E-state index in [1.54, 1.807) is 12.1 Å². The molecule has 2 aromatic carbocycles. The minimum Gasteiger partial charge on any atom is -0.310 e. The normalized spacial score (nSPS) is 12.4. The molecule has 1 nitrogen and oxygen atoms in total. The molecular weight excluding hydrogens is 353 g/mol. The molecule has 112 valence electrons. The highest BCUT2D eigenvalue weighted by Crippen LogP contribution is 2.33. The van der Waals surface area contributed by atoms with Crippen molar-refractivity contribution in [2.24, 2.45) is 0 Å². The van der Waals surface area contributed by atoms with Gasteiger partial charge in [0, 0.05) is 16.1 Å². The molecule has 0 aliphatic rings. The number of benzene rings is 2. The molecule has 2 aromatic rings. The number of hydrogen-bond donors (Lipinski definition) is 1. The van der Waals surface area contributed by atoms with Gasteiger partial charge in [0.2, 0.25) is 0 Å². The zero-order valence-electron chi connectivity index (χ0n) is 12.1. The van der Waals surface area contributed by atoms with Crippen LogP contribution in [0.5, 0.6) is 0 Å². The highest BCUT2D eigenvalue weighted by atomic mass is 79.9. The minimum atomic E-state index is -0.391. The number of halogens is 3. The number of rotatable bonds is 5. The van der Waals surface area contributed by atoms with Gasteiger partial charge in [-0.3, -0.25) is 0 Å². The molecule has 1 unspecified atom stereocenters. The fourth-order valence-electron chi connectivity index (χ4n) is 2.39. The predicted molar refractivity (Wildman–Crippen MR) is 91.3 cm³/mol. The Balaban J connectivity index is 2.33. The summed E-state index contributed by atoms with van der Waals surface area (Å²) in [6, 6.07) is 11.8. The van der Waals surface area contributed by atoms with Crippen LogP contribution in [-0.4, -0.2) is 6.54 Å². The van der Waals surface area contributed by atoms with Crippen molar-refractivity contribution in [2.75, 3.05) is 6.54 Å². The van der Waals surface area contributed by atoms with Crippen LogP contribution >= 0.6 is 27.5 Å². The van der Waals surface area contributed by atoms with Gasteiger partial charge in [0.25, 0.3) is 0 Å². The van der Waals surface area contributed by atoms with E-state index >= 15 is 0 Å². The topological polar surface area (TPSA) is 12.0 Å². The zero-order valence-corrected chi connectivity index (χ0v) is 14.4. The summed E-state index contributed by atoms with van der Waals surface area (Å²) in [5.74, 6) is -0.391. The molecule has 0 amide bonds. The predicted octanol–water partition coefficient (Wildman–Crippen LogP) is 5.97. The zero-order chi connectivity index (χ0) is 15.4. The van der Waals surface area contributed by atoms with Gasteiger partial charge in [-0.15, -0.1) is 0 Å². The lowest BCUT2D eigenvalue weighted by atomic mass is 9.99. The molecule has 1 atom stereocenters. The second kappa shape index (κ2) is 7.39. The van der Waals surface area contributed by atoms with E-state index < -0.39 is 5.82 Å². The quantitative estimate of drug-likeness (QED) is 0.639. The smallest absolute Gasteiger partial charge is 0.150 e. The molecule has 2 rings (SSSR count). The van der Waals surface area contributed by atoms with E-state index in [1.165, 1.54) is 5.56 Å². The molecule has 4 heteroatoms. The van der Waals surface area contributed by atoms with Crippen molar-refractivity contribution in [3.8, 4) is 11.1 Å². The molecule has 0 radical (unpaired) electrons. The summed E-state index contributed by atoms with van der Waals surface area (Å²) in [6.07, 6.45) is 1.02. The van der Waals surface area contributed by atoms with Crippen LogP contribution in [0.4, 0.5) is 4.39 Å². The highest BCUT2D eigenvalue weighted by molar-refractivity contribution is 9.10. The van der Waals surface area contributed by atoms with Crippen LogP contribution in [0.3, 0.4) is 0 Å². The summed E-state index contributed by atoms with van der Waals surface area (Å²) in [6.45, 7) is 5.17. The molecular formula is C17H18BrClFN. The molecule has 0 heterocycles. The van der Waals surface area contributed by atoms with E-state index in [9.17, 15) is 4.39 Å². The van der Waals surface area contributed by atoms with Gasteiger partial charge in [0.15, 0.2) is 5.82 Å².